The van der Waals surface area contributed by atoms with E-state index in [4.69, 9.17) is 9.47 Å². The quantitative estimate of drug-likeness (QED) is 0.750. The van der Waals surface area contributed by atoms with Gasteiger partial charge in [-0.2, -0.15) is 0 Å². The molecular weight excluding hydrogens is 344 g/mol. The number of carbonyl (C=O) groups excluding carboxylic acids is 2. The van der Waals surface area contributed by atoms with Gasteiger partial charge in [0.05, 0.1) is 14.2 Å². The number of hydrogen-bond acceptors (Lipinski definition) is 4. The van der Waals surface area contributed by atoms with Crippen LogP contribution in [0.15, 0.2) is 42.5 Å². The maximum absolute atomic E-state index is 12.3. The van der Waals surface area contributed by atoms with E-state index in [2.05, 4.69) is 10.6 Å². The minimum absolute atomic E-state index is 0.0982. The van der Waals surface area contributed by atoms with Crippen LogP contribution in [0.2, 0.25) is 0 Å². The van der Waals surface area contributed by atoms with Gasteiger partial charge in [0.25, 0.3) is 5.91 Å². The lowest BCUT2D eigenvalue weighted by Crippen LogP contribution is -2.25. The molecule has 0 bridgehead atoms. The van der Waals surface area contributed by atoms with Crippen molar-refractivity contribution >= 4 is 17.5 Å². The Morgan fingerprint density at radius 3 is 2.52 bits per heavy atom. The van der Waals surface area contributed by atoms with Gasteiger partial charge in [0.2, 0.25) is 5.91 Å². The molecule has 0 atom stereocenters. The molecule has 1 saturated carbocycles. The van der Waals surface area contributed by atoms with E-state index >= 15 is 0 Å². The number of amides is 2. The van der Waals surface area contributed by atoms with Gasteiger partial charge in [-0.15, -0.1) is 0 Å². The molecule has 0 saturated heterocycles. The van der Waals surface area contributed by atoms with Crippen LogP contribution in [0.3, 0.4) is 0 Å². The van der Waals surface area contributed by atoms with E-state index in [1.54, 1.807) is 38.5 Å². The van der Waals surface area contributed by atoms with Crippen LogP contribution in [-0.4, -0.2) is 32.1 Å². The SMILES string of the molecule is COc1ccc(CCC(=O)Nc2cccc(C(=O)NC3CC3)c2)cc1OC. The van der Waals surface area contributed by atoms with Gasteiger partial charge in [0.1, 0.15) is 0 Å². The molecule has 1 aliphatic carbocycles. The van der Waals surface area contributed by atoms with Gasteiger partial charge in [-0.25, -0.2) is 0 Å². The van der Waals surface area contributed by atoms with E-state index in [0.29, 0.717) is 41.6 Å². The first-order chi connectivity index (χ1) is 13.1. The van der Waals surface area contributed by atoms with Gasteiger partial charge in [0, 0.05) is 23.7 Å². The molecule has 1 fully saturated rings. The highest BCUT2D eigenvalue weighted by atomic mass is 16.5. The summed E-state index contributed by atoms with van der Waals surface area (Å²) in [5.41, 5.74) is 2.16. The normalized spacial score (nSPS) is 13.0. The lowest BCUT2D eigenvalue weighted by Gasteiger charge is -2.10. The van der Waals surface area contributed by atoms with Crippen molar-refractivity contribution in [2.75, 3.05) is 19.5 Å². The zero-order valence-electron chi connectivity index (χ0n) is 15.6. The Bertz CT molecular complexity index is 831. The van der Waals surface area contributed by atoms with E-state index in [-0.39, 0.29) is 11.8 Å². The zero-order chi connectivity index (χ0) is 19.2. The van der Waals surface area contributed by atoms with Gasteiger partial charge in [-0.3, -0.25) is 9.59 Å². The molecule has 27 heavy (non-hydrogen) atoms. The number of nitrogens with one attached hydrogen (secondary N) is 2. The Morgan fingerprint density at radius 1 is 1.04 bits per heavy atom. The molecule has 142 valence electrons. The third kappa shape index (κ3) is 5.23. The van der Waals surface area contributed by atoms with Gasteiger partial charge in [-0.1, -0.05) is 12.1 Å². The minimum atomic E-state index is -0.107. The Balaban J connectivity index is 1.55. The summed E-state index contributed by atoms with van der Waals surface area (Å²) < 4.78 is 10.5. The topological polar surface area (TPSA) is 76.7 Å². The molecule has 2 N–H and O–H groups in total. The van der Waals surface area contributed by atoms with Crippen molar-refractivity contribution < 1.29 is 19.1 Å². The second kappa shape index (κ2) is 8.58. The summed E-state index contributed by atoms with van der Waals surface area (Å²) in [7, 11) is 3.17. The van der Waals surface area contributed by atoms with Crippen molar-refractivity contribution in [1.82, 2.24) is 5.32 Å². The minimum Gasteiger partial charge on any atom is -0.493 e. The lowest BCUT2D eigenvalue weighted by atomic mass is 10.1. The van der Waals surface area contributed by atoms with E-state index in [1.165, 1.54) is 0 Å². The average molecular weight is 368 g/mol. The van der Waals surface area contributed by atoms with Crippen molar-refractivity contribution in [1.29, 1.82) is 0 Å². The summed E-state index contributed by atoms with van der Waals surface area (Å²) in [6.07, 6.45) is 2.98. The van der Waals surface area contributed by atoms with Crippen LogP contribution in [0.1, 0.15) is 35.2 Å². The molecule has 2 aromatic rings. The van der Waals surface area contributed by atoms with Crippen LogP contribution in [0.5, 0.6) is 11.5 Å². The van der Waals surface area contributed by atoms with Gasteiger partial charge < -0.3 is 20.1 Å². The summed E-state index contributed by atoms with van der Waals surface area (Å²) in [5.74, 6) is 1.10. The van der Waals surface area contributed by atoms with Crippen LogP contribution < -0.4 is 20.1 Å². The highest BCUT2D eigenvalue weighted by molar-refractivity contribution is 5.97. The molecule has 3 rings (SSSR count). The number of methoxy groups -OCH3 is 2. The molecule has 0 radical (unpaired) electrons. The number of rotatable bonds is 8. The number of hydrogen-bond donors (Lipinski definition) is 2. The first-order valence-corrected chi connectivity index (χ1v) is 9.00. The summed E-state index contributed by atoms with van der Waals surface area (Å²) in [4.78, 5) is 24.4. The second-order valence-corrected chi connectivity index (χ2v) is 6.57. The van der Waals surface area contributed by atoms with Crippen molar-refractivity contribution in [3.8, 4) is 11.5 Å². The highest BCUT2D eigenvalue weighted by Crippen LogP contribution is 2.28. The van der Waals surface area contributed by atoms with Gasteiger partial charge >= 0.3 is 0 Å². The molecule has 0 aromatic heterocycles. The molecule has 0 aliphatic heterocycles. The van der Waals surface area contributed by atoms with Crippen LogP contribution >= 0.6 is 0 Å². The molecule has 6 nitrogen and oxygen atoms in total. The Labute approximate surface area is 158 Å². The number of ether oxygens (including phenoxy) is 2. The standard InChI is InChI=1S/C21H24N2O4/c1-26-18-10-6-14(12-19(18)27-2)7-11-20(24)22-17-5-3-4-15(13-17)21(25)23-16-8-9-16/h3-6,10,12-13,16H,7-9,11H2,1-2H3,(H,22,24)(H,23,25). The van der Waals surface area contributed by atoms with E-state index in [0.717, 1.165) is 18.4 Å². The number of aryl methyl sites for hydroxylation is 1. The summed E-state index contributed by atoms with van der Waals surface area (Å²) in [6, 6.07) is 12.9. The lowest BCUT2D eigenvalue weighted by molar-refractivity contribution is -0.116. The van der Waals surface area contributed by atoms with Crippen LogP contribution in [0.4, 0.5) is 5.69 Å². The summed E-state index contributed by atoms with van der Waals surface area (Å²) >= 11 is 0. The smallest absolute Gasteiger partial charge is 0.251 e. The van der Waals surface area contributed by atoms with Crippen molar-refractivity contribution in [2.45, 2.75) is 31.7 Å². The number of benzene rings is 2. The van der Waals surface area contributed by atoms with E-state index in [9.17, 15) is 9.59 Å². The van der Waals surface area contributed by atoms with E-state index in [1.807, 2.05) is 18.2 Å². The molecule has 6 heteroatoms. The average Bonchev–Trinajstić information content (AvgIpc) is 3.50. The number of carbonyl (C=O) groups is 2. The predicted molar refractivity (Wildman–Crippen MR) is 103 cm³/mol. The largest absolute Gasteiger partial charge is 0.493 e. The Hall–Kier alpha value is -3.02. The fourth-order valence-corrected chi connectivity index (χ4v) is 2.75. The van der Waals surface area contributed by atoms with Crippen LogP contribution in [0, 0.1) is 0 Å². The first kappa shape index (κ1) is 18.8. The second-order valence-electron chi connectivity index (χ2n) is 6.57. The summed E-state index contributed by atoms with van der Waals surface area (Å²) in [6.45, 7) is 0. The maximum Gasteiger partial charge on any atom is 0.251 e. The number of anilines is 1. The fourth-order valence-electron chi connectivity index (χ4n) is 2.75. The summed E-state index contributed by atoms with van der Waals surface area (Å²) in [5, 5.41) is 5.80. The van der Waals surface area contributed by atoms with Crippen molar-refractivity contribution in [3.05, 3.63) is 53.6 Å². The monoisotopic (exact) mass is 368 g/mol. The maximum atomic E-state index is 12.3. The van der Waals surface area contributed by atoms with Crippen molar-refractivity contribution in [3.63, 3.8) is 0 Å². The van der Waals surface area contributed by atoms with Crippen molar-refractivity contribution in [2.24, 2.45) is 0 Å². The van der Waals surface area contributed by atoms with Crippen LogP contribution in [-0.2, 0) is 11.2 Å². The third-order valence-electron chi connectivity index (χ3n) is 4.41. The molecule has 0 unspecified atom stereocenters. The molecule has 1 aliphatic rings. The fraction of sp³-hybridized carbons (Fsp3) is 0.333. The molecular formula is C21H24N2O4. The van der Waals surface area contributed by atoms with Crippen LogP contribution in [0.25, 0.3) is 0 Å². The van der Waals surface area contributed by atoms with Gasteiger partial charge in [-0.05, 0) is 55.2 Å². The van der Waals surface area contributed by atoms with Gasteiger partial charge in [0.15, 0.2) is 11.5 Å². The molecule has 0 heterocycles. The molecule has 2 amide bonds. The van der Waals surface area contributed by atoms with E-state index < -0.39 is 0 Å². The first-order valence-electron chi connectivity index (χ1n) is 9.00. The highest BCUT2D eigenvalue weighted by Gasteiger charge is 2.23. The molecule has 0 spiro atoms. The third-order valence-corrected chi connectivity index (χ3v) is 4.41. The zero-order valence-corrected chi connectivity index (χ0v) is 15.6. The Morgan fingerprint density at radius 2 is 1.81 bits per heavy atom. The predicted octanol–water partition coefficient (Wildman–Crippen LogP) is 3.17. The molecule has 2 aromatic carbocycles. The Kier molecular flexibility index (Phi) is 5.96.